The van der Waals surface area contributed by atoms with Gasteiger partial charge in [0.15, 0.2) is 11.6 Å². The highest BCUT2D eigenvalue weighted by molar-refractivity contribution is 5.33. The van der Waals surface area contributed by atoms with Crippen molar-refractivity contribution >= 4 is 0 Å². The molecule has 2 rings (SSSR count). The lowest BCUT2D eigenvalue weighted by atomic mass is 10.1. The zero-order valence-electron chi connectivity index (χ0n) is 10.9. The molecule has 0 saturated carbocycles. The molecule has 106 valence electrons. The highest BCUT2D eigenvalue weighted by atomic mass is 19.2. The van der Waals surface area contributed by atoms with Crippen LogP contribution in [0.25, 0.3) is 0 Å². The molecule has 0 bridgehead atoms. The van der Waals surface area contributed by atoms with Crippen LogP contribution in [0.5, 0.6) is 5.75 Å². The summed E-state index contributed by atoms with van der Waals surface area (Å²) >= 11 is 0. The number of hydrogen-bond donors (Lipinski definition) is 1. The first-order chi connectivity index (χ1) is 9.47. The van der Waals surface area contributed by atoms with Crippen LogP contribution < -0.4 is 10.5 Å². The summed E-state index contributed by atoms with van der Waals surface area (Å²) < 4.78 is 44.4. The molecule has 2 aromatic rings. The predicted octanol–water partition coefficient (Wildman–Crippen LogP) is 3.49. The molecule has 0 aliphatic carbocycles. The van der Waals surface area contributed by atoms with E-state index in [9.17, 15) is 13.2 Å². The summed E-state index contributed by atoms with van der Waals surface area (Å²) in [4.78, 5) is 0. The standard InChI is InChI=1S/C15H14F3NO/c1-9-2-4-11(16)7-15(9)20-8-14(19)10-3-5-12(17)13(18)6-10/h2-7,14H,8,19H2,1H3. The van der Waals surface area contributed by atoms with Crippen LogP contribution in [0.3, 0.4) is 0 Å². The maximum absolute atomic E-state index is 13.1. The van der Waals surface area contributed by atoms with Gasteiger partial charge < -0.3 is 10.5 Å². The van der Waals surface area contributed by atoms with Crippen LogP contribution in [0, 0.1) is 24.4 Å². The van der Waals surface area contributed by atoms with Gasteiger partial charge in [0.2, 0.25) is 0 Å². The average molecular weight is 281 g/mol. The summed E-state index contributed by atoms with van der Waals surface area (Å²) in [5, 5.41) is 0. The van der Waals surface area contributed by atoms with Gasteiger partial charge >= 0.3 is 0 Å². The average Bonchev–Trinajstić information content (AvgIpc) is 2.42. The number of nitrogens with two attached hydrogens (primary N) is 1. The molecule has 5 heteroatoms. The molecule has 2 nitrogen and oxygen atoms in total. The summed E-state index contributed by atoms with van der Waals surface area (Å²) in [5.74, 6) is -1.92. The molecule has 2 N–H and O–H groups in total. The predicted molar refractivity (Wildman–Crippen MR) is 69.9 cm³/mol. The molecule has 0 spiro atoms. The maximum Gasteiger partial charge on any atom is 0.159 e. The first-order valence-electron chi connectivity index (χ1n) is 6.07. The van der Waals surface area contributed by atoms with Crippen molar-refractivity contribution in [2.75, 3.05) is 6.61 Å². The molecule has 20 heavy (non-hydrogen) atoms. The third kappa shape index (κ3) is 3.30. The van der Waals surface area contributed by atoms with Gasteiger partial charge in [0.05, 0.1) is 6.04 Å². The lowest BCUT2D eigenvalue weighted by molar-refractivity contribution is 0.287. The molecule has 0 amide bonds. The van der Waals surface area contributed by atoms with Crippen molar-refractivity contribution in [3.8, 4) is 5.75 Å². The van der Waals surface area contributed by atoms with Crippen LogP contribution in [0.4, 0.5) is 13.2 Å². The molecular formula is C15H14F3NO. The Morgan fingerprint density at radius 2 is 1.80 bits per heavy atom. The lowest BCUT2D eigenvalue weighted by Crippen LogP contribution is -2.19. The highest BCUT2D eigenvalue weighted by Gasteiger charge is 2.11. The van der Waals surface area contributed by atoms with Crippen molar-refractivity contribution in [1.82, 2.24) is 0 Å². The van der Waals surface area contributed by atoms with Gasteiger partial charge in [0.1, 0.15) is 18.2 Å². The SMILES string of the molecule is Cc1ccc(F)cc1OCC(N)c1ccc(F)c(F)c1. The normalized spacial score (nSPS) is 12.2. The molecule has 0 heterocycles. The number of benzene rings is 2. The van der Waals surface area contributed by atoms with Gasteiger partial charge in [-0.15, -0.1) is 0 Å². The molecule has 0 aliphatic heterocycles. The molecule has 0 fully saturated rings. The van der Waals surface area contributed by atoms with Crippen molar-refractivity contribution in [2.45, 2.75) is 13.0 Å². The molecule has 0 saturated heterocycles. The maximum atomic E-state index is 13.1. The minimum atomic E-state index is -0.958. The number of rotatable bonds is 4. The van der Waals surface area contributed by atoms with Gasteiger partial charge in [0, 0.05) is 6.07 Å². The molecule has 1 unspecified atom stereocenters. The Labute approximate surface area is 115 Å². The third-order valence-corrected chi connectivity index (χ3v) is 2.94. The van der Waals surface area contributed by atoms with Crippen LogP contribution in [0.15, 0.2) is 36.4 Å². The summed E-state index contributed by atoms with van der Waals surface area (Å²) in [6, 6.07) is 6.98. The van der Waals surface area contributed by atoms with E-state index < -0.39 is 23.5 Å². The molecule has 2 aromatic carbocycles. The Morgan fingerprint density at radius 1 is 1.05 bits per heavy atom. The monoisotopic (exact) mass is 281 g/mol. The van der Waals surface area contributed by atoms with Gasteiger partial charge in [-0.2, -0.15) is 0 Å². The van der Waals surface area contributed by atoms with E-state index in [-0.39, 0.29) is 6.61 Å². The van der Waals surface area contributed by atoms with E-state index in [2.05, 4.69) is 0 Å². The zero-order chi connectivity index (χ0) is 14.7. The summed E-state index contributed by atoms with van der Waals surface area (Å²) in [6.07, 6.45) is 0. The number of aryl methyl sites for hydroxylation is 1. The molecule has 1 atom stereocenters. The fraction of sp³-hybridized carbons (Fsp3) is 0.200. The van der Waals surface area contributed by atoms with Crippen molar-refractivity contribution in [2.24, 2.45) is 5.73 Å². The smallest absolute Gasteiger partial charge is 0.159 e. The second kappa shape index (κ2) is 5.96. The third-order valence-electron chi connectivity index (χ3n) is 2.94. The minimum Gasteiger partial charge on any atom is -0.491 e. The van der Waals surface area contributed by atoms with Crippen molar-refractivity contribution in [3.05, 3.63) is 65.0 Å². The molecule has 0 radical (unpaired) electrons. The quantitative estimate of drug-likeness (QED) is 0.931. The zero-order valence-corrected chi connectivity index (χ0v) is 10.9. The Hall–Kier alpha value is -2.01. The topological polar surface area (TPSA) is 35.2 Å². The largest absolute Gasteiger partial charge is 0.491 e. The highest BCUT2D eigenvalue weighted by Crippen LogP contribution is 2.21. The van der Waals surface area contributed by atoms with Crippen molar-refractivity contribution in [3.63, 3.8) is 0 Å². The lowest BCUT2D eigenvalue weighted by Gasteiger charge is -2.15. The van der Waals surface area contributed by atoms with Crippen LogP contribution >= 0.6 is 0 Å². The van der Waals surface area contributed by atoms with Gasteiger partial charge in [-0.3, -0.25) is 0 Å². The van der Waals surface area contributed by atoms with E-state index in [0.717, 1.165) is 17.7 Å². The van der Waals surface area contributed by atoms with Crippen LogP contribution in [0.1, 0.15) is 17.2 Å². The number of hydrogen-bond acceptors (Lipinski definition) is 2. The van der Waals surface area contributed by atoms with E-state index >= 15 is 0 Å². The van der Waals surface area contributed by atoms with Gasteiger partial charge in [-0.1, -0.05) is 12.1 Å². The second-order valence-corrected chi connectivity index (χ2v) is 4.50. The molecule has 0 aromatic heterocycles. The van der Waals surface area contributed by atoms with Crippen molar-refractivity contribution in [1.29, 1.82) is 0 Å². The van der Waals surface area contributed by atoms with Crippen LogP contribution in [-0.4, -0.2) is 6.61 Å². The fourth-order valence-electron chi connectivity index (χ4n) is 1.75. The van der Waals surface area contributed by atoms with Gasteiger partial charge in [-0.25, -0.2) is 13.2 Å². The summed E-state index contributed by atoms with van der Waals surface area (Å²) in [7, 11) is 0. The number of ether oxygens (including phenoxy) is 1. The Kier molecular flexibility index (Phi) is 4.29. The molecular weight excluding hydrogens is 267 g/mol. The van der Waals surface area contributed by atoms with E-state index in [1.54, 1.807) is 13.0 Å². The first kappa shape index (κ1) is 14.4. The summed E-state index contributed by atoms with van der Waals surface area (Å²) in [5.41, 5.74) is 7.02. The van der Waals surface area contributed by atoms with E-state index in [1.165, 1.54) is 18.2 Å². The Balaban J connectivity index is 2.06. The number of halogens is 3. The summed E-state index contributed by atoms with van der Waals surface area (Å²) in [6.45, 7) is 1.81. The first-order valence-corrected chi connectivity index (χ1v) is 6.07. The Bertz CT molecular complexity index is 616. The van der Waals surface area contributed by atoms with Crippen molar-refractivity contribution < 1.29 is 17.9 Å². The van der Waals surface area contributed by atoms with E-state index in [1.807, 2.05) is 0 Å². The Morgan fingerprint density at radius 3 is 2.50 bits per heavy atom. The van der Waals surface area contributed by atoms with Crippen LogP contribution in [0.2, 0.25) is 0 Å². The van der Waals surface area contributed by atoms with Gasteiger partial charge in [-0.05, 0) is 36.2 Å². The van der Waals surface area contributed by atoms with E-state index in [0.29, 0.717) is 11.3 Å². The molecule has 0 aliphatic rings. The minimum absolute atomic E-state index is 0.0371. The van der Waals surface area contributed by atoms with Gasteiger partial charge in [0.25, 0.3) is 0 Å². The van der Waals surface area contributed by atoms with Crippen LogP contribution in [-0.2, 0) is 0 Å². The fourth-order valence-corrected chi connectivity index (χ4v) is 1.75. The second-order valence-electron chi connectivity index (χ2n) is 4.50. The van der Waals surface area contributed by atoms with E-state index in [4.69, 9.17) is 10.5 Å².